The number of carbonyl (C=O) groups is 1. The lowest BCUT2D eigenvalue weighted by atomic mass is 10.0. The van der Waals surface area contributed by atoms with Crippen molar-refractivity contribution >= 4 is 17.5 Å². The van der Waals surface area contributed by atoms with Crippen LogP contribution in [0.1, 0.15) is 19.4 Å². The molecule has 1 amide bonds. The van der Waals surface area contributed by atoms with Crippen molar-refractivity contribution in [2.75, 3.05) is 13.1 Å². The summed E-state index contributed by atoms with van der Waals surface area (Å²) in [5.41, 5.74) is 6.53. The summed E-state index contributed by atoms with van der Waals surface area (Å²) >= 11 is 5.83. The Hall–Kier alpha value is -1.06. The van der Waals surface area contributed by atoms with Crippen molar-refractivity contribution in [3.8, 4) is 0 Å². The molecule has 0 spiro atoms. The Kier molecular flexibility index (Phi) is 5.45. The zero-order chi connectivity index (χ0) is 12.8. The van der Waals surface area contributed by atoms with E-state index in [0.29, 0.717) is 11.4 Å². The maximum absolute atomic E-state index is 11.5. The van der Waals surface area contributed by atoms with Crippen molar-refractivity contribution in [2.45, 2.75) is 26.3 Å². The van der Waals surface area contributed by atoms with E-state index in [1.807, 2.05) is 38.1 Å². The van der Waals surface area contributed by atoms with Gasteiger partial charge >= 0.3 is 0 Å². The number of hydrogen-bond acceptors (Lipinski definition) is 2. The van der Waals surface area contributed by atoms with Gasteiger partial charge in [-0.2, -0.15) is 0 Å². The van der Waals surface area contributed by atoms with Gasteiger partial charge in [0.25, 0.3) is 0 Å². The van der Waals surface area contributed by atoms with E-state index in [1.165, 1.54) is 0 Å². The van der Waals surface area contributed by atoms with Gasteiger partial charge in [-0.3, -0.25) is 9.69 Å². The van der Waals surface area contributed by atoms with Crippen LogP contribution in [0.5, 0.6) is 0 Å². The molecule has 17 heavy (non-hydrogen) atoms. The summed E-state index contributed by atoms with van der Waals surface area (Å²) in [6.07, 6.45) is 0.633. The molecule has 1 unspecified atom stereocenters. The van der Waals surface area contributed by atoms with E-state index >= 15 is 0 Å². The molecular weight excluding hydrogens is 236 g/mol. The third-order valence-corrected chi connectivity index (χ3v) is 3.18. The monoisotopic (exact) mass is 254 g/mol. The second kappa shape index (κ2) is 6.62. The van der Waals surface area contributed by atoms with Crippen LogP contribution in [0.3, 0.4) is 0 Å². The van der Waals surface area contributed by atoms with Crippen LogP contribution < -0.4 is 5.73 Å². The Morgan fingerprint density at radius 3 is 2.24 bits per heavy atom. The number of rotatable bonds is 6. The van der Waals surface area contributed by atoms with Gasteiger partial charge in [-0.1, -0.05) is 37.6 Å². The van der Waals surface area contributed by atoms with E-state index < -0.39 is 0 Å². The van der Waals surface area contributed by atoms with E-state index in [0.717, 1.165) is 18.7 Å². The lowest BCUT2D eigenvalue weighted by molar-refractivity contribution is -0.123. The summed E-state index contributed by atoms with van der Waals surface area (Å²) in [6.45, 7) is 5.69. The number of carbonyl (C=O) groups excluding carboxylic acids is 1. The quantitative estimate of drug-likeness (QED) is 0.845. The molecule has 94 valence electrons. The average Bonchev–Trinajstić information content (AvgIpc) is 2.31. The topological polar surface area (TPSA) is 46.3 Å². The highest BCUT2D eigenvalue weighted by Gasteiger charge is 2.21. The Labute approximate surface area is 108 Å². The molecule has 1 aromatic rings. The minimum Gasteiger partial charge on any atom is -0.368 e. The molecule has 0 aliphatic carbocycles. The number of hydrogen-bond donors (Lipinski definition) is 1. The number of likely N-dealkylation sites (N-methyl/N-ethyl adjacent to an activating group) is 1. The summed E-state index contributed by atoms with van der Waals surface area (Å²) in [5.74, 6) is -0.274. The first-order chi connectivity index (χ1) is 8.08. The highest BCUT2D eigenvalue weighted by atomic mass is 35.5. The van der Waals surface area contributed by atoms with Crippen molar-refractivity contribution in [1.82, 2.24) is 4.90 Å². The van der Waals surface area contributed by atoms with Crippen LogP contribution in [0.25, 0.3) is 0 Å². The first kappa shape index (κ1) is 14.0. The maximum Gasteiger partial charge on any atom is 0.235 e. The molecule has 0 radical (unpaired) electrons. The summed E-state index contributed by atoms with van der Waals surface area (Å²) in [5, 5.41) is 0.701. The van der Waals surface area contributed by atoms with Gasteiger partial charge in [-0.05, 0) is 37.2 Å². The molecule has 0 aliphatic heterocycles. The zero-order valence-electron chi connectivity index (χ0n) is 10.3. The molecule has 0 saturated heterocycles. The van der Waals surface area contributed by atoms with Crippen molar-refractivity contribution in [1.29, 1.82) is 0 Å². The van der Waals surface area contributed by atoms with Gasteiger partial charge in [-0.25, -0.2) is 0 Å². The SMILES string of the molecule is CCN(CC)C(Cc1ccc(Cl)cc1)C(N)=O. The summed E-state index contributed by atoms with van der Waals surface area (Å²) in [7, 11) is 0. The molecule has 3 nitrogen and oxygen atoms in total. The average molecular weight is 255 g/mol. The first-order valence-corrected chi connectivity index (χ1v) is 6.24. The smallest absolute Gasteiger partial charge is 0.235 e. The molecular formula is C13H19ClN2O. The van der Waals surface area contributed by atoms with Crippen LogP contribution in [0, 0.1) is 0 Å². The summed E-state index contributed by atoms with van der Waals surface area (Å²) in [4.78, 5) is 13.6. The normalized spacial score (nSPS) is 12.7. The number of nitrogens with two attached hydrogens (primary N) is 1. The van der Waals surface area contributed by atoms with Crippen molar-refractivity contribution in [3.63, 3.8) is 0 Å². The standard InChI is InChI=1S/C13H19ClN2O/c1-3-16(4-2)12(13(15)17)9-10-5-7-11(14)8-6-10/h5-8,12H,3-4,9H2,1-2H3,(H2,15,17). The lowest BCUT2D eigenvalue weighted by Gasteiger charge is -2.27. The molecule has 1 rings (SSSR count). The number of primary amides is 1. The van der Waals surface area contributed by atoms with Crippen molar-refractivity contribution in [3.05, 3.63) is 34.9 Å². The zero-order valence-corrected chi connectivity index (χ0v) is 11.1. The number of amides is 1. The molecule has 2 N–H and O–H groups in total. The van der Waals surface area contributed by atoms with Gasteiger partial charge in [0.2, 0.25) is 5.91 Å². The van der Waals surface area contributed by atoms with Crippen molar-refractivity contribution < 1.29 is 4.79 Å². The van der Waals surface area contributed by atoms with Crippen LogP contribution >= 0.6 is 11.6 Å². The molecule has 0 saturated carbocycles. The Bertz CT molecular complexity index is 360. The number of benzene rings is 1. The van der Waals surface area contributed by atoms with E-state index in [2.05, 4.69) is 4.90 Å². The van der Waals surface area contributed by atoms with Gasteiger partial charge < -0.3 is 5.73 Å². The fourth-order valence-electron chi connectivity index (χ4n) is 1.92. The summed E-state index contributed by atoms with van der Waals surface area (Å²) < 4.78 is 0. The van der Waals surface area contributed by atoms with Gasteiger partial charge in [0.1, 0.15) is 0 Å². The highest BCUT2D eigenvalue weighted by molar-refractivity contribution is 6.30. The highest BCUT2D eigenvalue weighted by Crippen LogP contribution is 2.13. The molecule has 4 heteroatoms. The van der Waals surface area contributed by atoms with Crippen LogP contribution in [0.2, 0.25) is 5.02 Å². The fraction of sp³-hybridized carbons (Fsp3) is 0.462. The van der Waals surface area contributed by atoms with E-state index in [-0.39, 0.29) is 11.9 Å². The minimum atomic E-state index is -0.274. The van der Waals surface area contributed by atoms with Gasteiger partial charge in [-0.15, -0.1) is 0 Å². The van der Waals surface area contributed by atoms with Gasteiger partial charge in [0.05, 0.1) is 6.04 Å². The van der Waals surface area contributed by atoms with Gasteiger partial charge in [0, 0.05) is 5.02 Å². The Morgan fingerprint density at radius 1 is 1.29 bits per heavy atom. The number of nitrogens with zero attached hydrogens (tertiary/aromatic N) is 1. The minimum absolute atomic E-state index is 0.244. The predicted octanol–water partition coefficient (Wildman–Crippen LogP) is 2.08. The van der Waals surface area contributed by atoms with Crippen LogP contribution in [-0.2, 0) is 11.2 Å². The van der Waals surface area contributed by atoms with Crippen LogP contribution in [0.15, 0.2) is 24.3 Å². The second-order valence-corrected chi connectivity index (χ2v) is 4.41. The Balaban J connectivity index is 2.79. The lowest BCUT2D eigenvalue weighted by Crippen LogP contribution is -2.46. The molecule has 0 fully saturated rings. The second-order valence-electron chi connectivity index (χ2n) is 3.97. The molecule has 0 heterocycles. The Morgan fingerprint density at radius 2 is 1.82 bits per heavy atom. The number of halogens is 1. The third-order valence-electron chi connectivity index (χ3n) is 2.92. The maximum atomic E-state index is 11.5. The fourth-order valence-corrected chi connectivity index (χ4v) is 2.04. The summed E-state index contributed by atoms with van der Waals surface area (Å²) in [6, 6.07) is 7.28. The molecule has 1 atom stereocenters. The molecule has 1 aromatic carbocycles. The molecule has 0 bridgehead atoms. The molecule has 0 aromatic heterocycles. The predicted molar refractivity (Wildman–Crippen MR) is 71.1 cm³/mol. The van der Waals surface area contributed by atoms with E-state index in [9.17, 15) is 4.79 Å². The van der Waals surface area contributed by atoms with E-state index in [1.54, 1.807) is 0 Å². The van der Waals surface area contributed by atoms with Crippen molar-refractivity contribution in [2.24, 2.45) is 5.73 Å². The van der Waals surface area contributed by atoms with E-state index in [4.69, 9.17) is 17.3 Å². The third kappa shape index (κ3) is 4.02. The van der Waals surface area contributed by atoms with Gasteiger partial charge in [0.15, 0.2) is 0 Å². The van der Waals surface area contributed by atoms with Crippen LogP contribution in [-0.4, -0.2) is 29.9 Å². The molecule has 0 aliphatic rings. The largest absolute Gasteiger partial charge is 0.368 e. The van der Waals surface area contributed by atoms with Crippen LogP contribution in [0.4, 0.5) is 0 Å². The first-order valence-electron chi connectivity index (χ1n) is 5.86.